The molecule has 0 bridgehead atoms. The van der Waals surface area contributed by atoms with E-state index < -0.39 is 0 Å². The summed E-state index contributed by atoms with van der Waals surface area (Å²) in [6, 6.07) is 0.432. The van der Waals surface area contributed by atoms with E-state index in [0.29, 0.717) is 18.7 Å². The molecular formula is C10H17N3O. The molecule has 4 nitrogen and oxygen atoms in total. The molecule has 1 saturated carbocycles. The molecule has 2 unspecified atom stereocenters. The van der Waals surface area contributed by atoms with Crippen LogP contribution in [0.5, 0.6) is 0 Å². The molecule has 1 aromatic heterocycles. The zero-order valence-corrected chi connectivity index (χ0v) is 8.52. The van der Waals surface area contributed by atoms with Crippen LogP contribution >= 0.6 is 0 Å². The lowest BCUT2D eigenvalue weighted by atomic mass is 10.2. The normalized spacial score (nSPS) is 27.0. The third-order valence-electron chi connectivity index (χ3n) is 3.01. The van der Waals surface area contributed by atoms with Crippen molar-refractivity contribution in [2.45, 2.75) is 38.0 Å². The third kappa shape index (κ3) is 1.55. The SMILES string of the molecule is COC1CCCC1n1ccnc1CN. The minimum absolute atomic E-state index is 0.328. The lowest BCUT2D eigenvalue weighted by Crippen LogP contribution is -2.22. The molecule has 78 valence electrons. The molecule has 2 N–H and O–H groups in total. The molecule has 0 aliphatic heterocycles. The lowest BCUT2D eigenvalue weighted by Gasteiger charge is -2.21. The van der Waals surface area contributed by atoms with Crippen LogP contribution in [0.1, 0.15) is 31.1 Å². The fourth-order valence-corrected chi connectivity index (χ4v) is 2.30. The Labute approximate surface area is 84.1 Å². The van der Waals surface area contributed by atoms with Crippen LogP contribution < -0.4 is 5.73 Å². The van der Waals surface area contributed by atoms with Gasteiger partial charge in [-0.25, -0.2) is 4.98 Å². The highest BCUT2D eigenvalue weighted by atomic mass is 16.5. The Morgan fingerprint density at radius 3 is 3.21 bits per heavy atom. The molecular weight excluding hydrogens is 178 g/mol. The van der Waals surface area contributed by atoms with Crippen LogP contribution in [0, 0.1) is 0 Å². The van der Waals surface area contributed by atoms with Crippen LogP contribution in [0.4, 0.5) is 0 Å². The second-order valence-corrected chi connectivity index (χ2v) is 3.73. The molecule has 4 heteroatoms. The monoisotopic (exact) mass is 195 g/mol. The van der Waals surface area contributed by atoms with Crippen molar-refractivity contribution in [3.05, 3.63) is 18.2 Å². The second-order valence-electron chi connectivity index (χ2n) is 3.73. The van der Waals surface area contributed by atoms with E-state index in [1.54, 1.807) is 7.11 Å². The number of hydrogen-bond acceptors (Lipinski definition) is 3. The maximum atomic E-state index is 5.63. The van der Waals surface area contributed by atoms with Gasteiger partial charge < -0.3 is 15.0 Å². The van der Waals surface area contributed by atoms with Crippen molar-refractivity contribution in [3.63, 3.8) is 0 Å². The summed E-state index contributed by atoms with van der Waals surface area (Å²) < 4.78 is 7.63. The maximum absolute atomic E-state index is 5.63. The molecule has 1 aliphatic carbocycles. The highest BCUT2D eigenvalue weighted by molar-refractivity contribution is 4.98. The quantitative estimate of drug-likeness (QED) is 0.785. The number of nitrogens with zero attached hydrogens (tertiary/aromatic N) is 2. The topological polar surface area (TPSA) is 53.1 Å². The Hall–Kier alpha value is -0.870. The van der Waals surface area contributed by atoms with Gasteiger partial charge in [0.15, 0.2) is 0 Å². The van der Waals surface area contributed by atoms with Gasteiger partial charge in [-0.1, -0.05) is 0 Å². The summed E-state index contributed by atoms with van der Waals surface area (Å²) in [5.41, 5.74) is 5.63. The first-order chi connectivity index (χ1) is 6.86. The Morgan fingerprint density at radius 1 is 1.64 bits per heavy atom. The summed E-state index contributed by atoms with van der Waals surface area (Å²) >= 11 is 0. The van der Waals surface area contributed by atoms with E-state index in [9.17, 15) is 0 Å². The minimum Gasteiger partial charge on any atom is -0.379 e. The predicted molar refractivity (Wildman–Crippen MR) is 53.8 cm³/mol. The van der Waals surface area contributed by atoms with Crippen molar-refractivity contribution >= 4 is 0 Å². The number of aromatic nitrogens is 2. The molecule has 1 heterocycles. The van der Waals surface area contributed by atoms with Gasteiger partial charge >= 0.3 is 0 Å². The van der Waals surface area contributed by atoms with Crippen LogP contribution in [0.3, 0.4) is 0 Å². The predicted octanol–water partition coefficient (Wildman–Crippen LogP) is 1.08. The fraction of sp³-hybridized carbons (Fsp3) is 0.700. The van der Waals surface area contributed by atoms with Crippen LogP contribution in [0.25, 0.3) is 0 Å². The van der Waals surface area contributed by atoms with E-state index in [1.807, 2.05) is 12.4 Å². The molecule has 1 aliphatic rings. The van der Waals surface area contributed by atoms with Crippen LogP contribution in [0.15, 0.2) is 12.4 Å². The van der Waals surface area contributed by atoms with E-state index in [2.05, 4.69) is 9.55 Å². The van der Waals surface area contributed by atoms with E-state index in [4.69, 9.17) is 10.5 Å². The highest BCUT2D eigenvalue weighted by Gasteiger charge is 2.29. The summed E-state index contributed by atoms with van der Waals surface area (Å²) in [6.45, 7) is 0.500. The number of methoxy groups -OCH3 is 1. The number of imidazole rings is 1. The second kappa shape index (κ2) is 4.11. The van der Waals surface area contributed by atoms with Crippen molar-refractivity contribution in [2.24, 2.45) is 5.73 Å². The first kappa shape index (κ1) is 9.68. The summed E-state index contributed by atoms with van der Waals surface area (Å²) in [7, 11) is 1.78. The van der Waals surface area contributed by atoms with Gasteiger partial charge in [-0.2, -0.15) is 0 Å². The van der Waals surface area contributed by atoms with Gasteiger partial charge in [0.1, 0.15) is 5.82 Å². The summed E-state index contributed by atoms with van der Waals surface area (Å²) in [6.07, 6.45) is 7.68. The standard InChI is InChI=1S/C10H17N3O/c1-14-9-4-2-3-8(9)13-6-5-12-10(13)7-11/h5-6,8-9H,2-4,7,11H2,1H3. The maximum Gasteiger partial charge on any atom is 0.122 e. The molecule has 0 aromatic carbocycles. The molecule has 1 aromatic rings. The molecule has 1 fully saturated rings. The zero-order valence-electron chi connectivity index (χ0n) is 8.52. The van der Waals surface area contributed by atoms with Gasteiger partial charge in [0.2, 0.25) is 0 Å². The van der Waals surface area contributed by atoms with Crippen LogP contribution in [-0.4, -0.2) is 22.8 Å². The van der Waals surface area contributed by atoms with E-state index in [1.165, 1.54) is 12.8 Å². The Balaban J connectivity index is 2.21. The van der Waals surface area contributed by atoms with Crippen LogP contribution in [0.2, 0.25) is 0 Å². The van der Waals surface area contributed by atoms with Crippen molar-refractivity contribution in [1.82, 2.24) is 9.55 Å². The Bertz CT molecular complexity index is 297. The first-order valence-corrected chi connectivity index (χ1v) is 5.11. The average Bonchev–Trinajstić information content (AvgIpc) is 2.85. The zero-order chi connectivity index (χ0) is 9.97. The average molecular weight is 195 g/mol. The van der Waals surface area contributed by atoms with Crippen molar-refractivity contribution < 1.29 is 4.74 Å². The van der Waals surface area contributed by atoms with Crippen molar-refractivity contribution in [2.75, 3.05) is 7.11 Å². The smallest absolute Gasteiger partial charge is 0.122 e. The van der Waals surface area contributed by atoms with Crippen molar-refractivity contribution in [1.29, 1.82) is 0 Å². The molecule has 2 atom stereocenters. The Morgan fingerprint density at radius 2 is 2.50 bits per heavy atom. The van der Waals surface area contributed by atoms with Crippen LogP contribution in [-0.2, 0) is 11.3 Å². The minimum atomic E-state index is 0.328. The fourth-order valence-electron chi connectivity index (χ4n) is 2.30. The van der Waals surface area contributed by atoms with Gasteiger partial charge in [0, 0.05) is 19.5 Å². The van der Waals surface area contributed by atoms with Gasteiger partial charge in [-0.15, -0.1) is 0 Å². The summed E-state index contributed by atoms with van der Waals surface area (Å²) in [5, 5.41) is 0. The van der Waals surface area contributed by atoms with Gasteiger partial charge in [-0.3, -0.25) is 0 Å². The Kier molecular flexibility index (Phi) is 2.84. The van der Waals surface area contributed by atoms with Gasteiger partial charge in [0.25, 0.3) is 0 Å². The largest absolute Gasteiger partial charge is 0.379 e. The number of hydrogen-bond donors (Lipinski definition) is 1. The van der Waals surface area contributed by atoms with E-state index in [0.717, 1.165) is 12.2 Å². The molecule has 14 heavy (non-hydrogen) atoms. The first-order valence-electron chi connectivity index (χ1n) is 5.11. The molecule has 0 radical (unpaired) electrons. The lowest BCUT2D eigenvalue weighted by molar-refractivity contribution is 0.0740. The highest BCUT2D eigenvalue weighted by Crippen LogP contribution is 2.32. The van der Waals surface area contributed by atoms with Gasteiger partial charge in [0.05, 0.1) is 18.7 Å². The number of rotatable bonds is 3. The summed E-state index contributed by atoms with van der Waals surface area (Å²) in [4.78, 5) is 4.23. The number of ether oxygens (including phenoxy) is 1. The van der Waals surface area contributed by atoms with Crippen molar-refractivity contribution in [3.8, 4) is 0 Å². The van der Waals surface area contributed by atoms with E-state index >= 15 is 0 Å². The molecule has 0 spiro atoms. The molecule has 0 amide bonds. The van der Waals surface area contributed by atoms with E-state index in [-0.39, 0.29) is 0 Å². The molecule has 0 saturated heterocycles. The number of nitrogens with two attached hydrogens (primary N) is 1. The summed E-state index contributed by atoms with van der Waals surface area (Å²) in [5.74, 6) is 0.957. The van der Waals surface area contributed by atoms with Gasteiger partial charge in [-0.05, 0) is 19.3 Å². The third-order valence-corrected chi connectivity index (χ3v) is 3.01. The molecule has 2 rings (SSSR count).